The maximum Gasteiger partial charge on any atom is 0.411 e. The lowest BCUT2D eigenvalue weighted by Gasteiger charge is -2.20. The molecule has 1 heterocycles. The van der Waals surface area contributed by atoms with Gasteiger partial charge in [0.1, 0.15) is 34.5 Å². The summed E-state index contributed by atoms with van der Waals surface area (Å²) in [6, 6.07) is 3.48. The van der Waals surface area contributed by atoms with Crippen LogP contribution >= 0.6 is 0 Å². The highest BCUT2D eigenvalue weighted by Gasteiger charge is 2.64. The van der Waals surface area contributed by atoms with Crippen molar-refractivity contribution >= 4 is 11.7 Å². The van der Waals surface area contributed by atoms with E-state index in [-0.39, 0.29) is 24.1 Å². The molecule has 1 aliphatic carbocycles. The summed E-state index contributed by atoms with van der Waals surface area (Å²) in [6.45, 7) is -1.42. The number of aromatic nitrogens is 1. The van der Waals surface area contributed by atoms with Crippen LogP contribution in [-0.4, -0.2) is 51.4 Å². The summed E-state index contributed by atoms with van der Waals surface area (Å²) in [5.74, 6) is -6.41. The molecule has 1 fully saturated rings. The number of Topliss-reactive ketones (excluding diaryl/α,β-unsaturated/α-hetero) is 1. The minimum absolute atomic E-state index is 0.186. The van der Waals surface area contributed by atoms with E-state index in [0.717, 1.165) is 12.3 Å². The van der Waals surface area contributed by atoms with E-state index in [2.05, 4.69) is 4.98 Å². The molecule has 1 unspecified atom stereocenters. The molecule has 35 heavy (non-hydrogen) atoms. The predicted octanol–water partition coefficient (Wildman–Crippen LogP) is 3.74. The Kier molecular flexibility index (Phi) is 7.12. The number of aliphatic hydroxyl groups is 1. The summed E-state index contributed by atoms with van der Waals surface area (Å²) < 4.78 is 92.4. The van der Waals surface area contributed by atoms with Crippen LogP contribution in [0.1, 0.15) is 45.9 Å². The molecule has 2 aromatic rings. The zero-order chi connectivity index (χ0) is 26.2. The fraction of sp³-hybridized carbons (Fsp3) is 0.409. The Labute approximate surface area is 193 Å². The topological polar surface area (TPSA) is 99.5 Å². The summed E-state index contributed by atoms with van der Waals surface area (Å²) in [4.78, 5) is 28.3. The Morgan fingerprint density at radius 2 is 1.74 bits per heavy atom. The summed E-state index contributed by atoms with van der Waals surface area (Å²) in [5.41, 5.74) is -3.76. The first-order valence-electron chi connectivity index (χ1n) is 10.2. The molecule has 1 aromatic heterocycles. The number of pyridine rings is 1. The van der Waals surface area contributed by atoms with E-state index in [9.17, 15) is 45.4 Å². The van der Waals surface area contributed by atoms with Crippen molar-refractivity contribution in [1.82, 2.24) is 10.3 Å². The van der Waals surface area contributed by atoms with Crippen LogP contribution in [0.15, 0.2) is 30.5 Å². The number of amides is 1. The maximum atomic E-state index is 14.4. The van der Waals surface area contributed by atoms with Gasteiger partial charge >= 0.3 is 12.4 Å². The van der Waals surface area contributed by atoms with Crippen molar-refractivity contribution in [2.75, 3.05) is 6.61 Å². The number of aliphatic hydroxyl groups excluding tert-OH is 1. The first kappa shape index (κ1) is 26.4. The van der Waals surface area contributed by atoms with Crippen LogP contribution in [0, 0.1) is 5.82 Å². The van der Waals surface area contributed by atoms with Gasteiger partial charge in [-0.2, -0.15) is 26.3 Å². The number of carbonyl (C=O) groups is 2. The summed E-state index contributed by atoms with van der Waals surface area (Å²) >= 11 is 0. The van der Waals surface area contributed by atoms with Crippen molar-refractivity contribution in [3.8, 4) is 5.75 Å². The van der Waals surface area contributed by atoms with Gasteiger partial charge in [0, 0.05) is 24.6 Å². The number of phenols is 1. The maximum absolute atomic E-state index is 14.4. The Bertz CT molecular complexity index is 1130. The molecular formula is C22H19F7N2O4. The minimum atomic E-state index is -4.94. The van der Waals surface area contributed by atoms with Crippen LogP contribution in [0.25, 0.3) is 0 Å². The van der Waals surface area contributed by atoms with Gasteiger partial charge in [-0.25, -0.2) is 4.39 Å². The van der Waals surface area contributed by atoms with Crippen LogP contribution in [0.2, 0.25) is 0 Å². The molecule has 0 saturated heterocycles. The quantitative estimate of drug-likeness (QED) is 0.472. The molecular weight excluding hydrogens is 489 g/mol. The van der Waals surface area contributed by atoms with Gasteiger partial charge in [0.25, 0.3) is 5.91 Å². The molecule has 0 radical (unpaired) electrons. The number of ketones is 1. The number of aromatic hydroxyl groups is 1. The number of nitrogens with one attached hydrogen (secondary N) is 1. The predicted molar refractivity (Wildman–Crippen MR) is 106 cm³/mol. The lowest BCUT2D eigenvalue weighted by Crippen LogP contribution is -2.48. The molecule has 0 spiro atoms. The number of hydrogen-bond donors (Lipinski definition) is 3. The number of halogens is 7. The molecule has 1 atom stereocenters. The fourth-order valence-corrected chi connectivity index (χ4v) is 3.51. The summed E-state index contributed by atoms with van der Waals surface area (Å²) in [6.07, 6.45) is -10.0. The molecule has 1 aromatic carbocycles. The number of rotatable bonds is 8. The van der Waals surface area contributed by atoms with E-state index in [1.807, 2.05) is 5.32 Å². The molecule has 190 valence electrons. The van der Waals surface area contributed by atoms with Crippen molar-refractivity contribution < 1.29 is 50.5 Å². The van der Waals surface area contributed by atoms with E-state index in [0.29, 0.717) is 12.1 Å². The Morgan fingerprint density at radius 1 is 1.09 bits per heavy atom. The molecule has 1 amide bonds. The van der Waals surface area contributed by atoms with E-state index >= 15 is 0 Å². The van der Waals surface area contributed by atoms with Gasteiger partial charge in [-0.1, -0.05) is 0 Å². The molecule has 0 aliphatic heterocycles. The van der Waals surface area contributed by atoms with E-state index in [1.165, 1.54) is 6.07 Å². The number of nitrogens with zero attached hydrogens (tertiary/aromatic N) is 1. The lowest BCUT2D eigenvalue weighted by molar-refractivity contribution is -0.163. The minimum Gasteiger partial charge on any atom is -0.508 e. The molecule has 0 bridgehead atoms. The van der Waals surface area contributed by atoms with Crippen LogP contribution in [0.4, 0.5) is 30.7 Å². The van der Waals surface area contributed by atoms with Gasteiger partial charge in [0.2, 0.25) is 0 Å². The third-order valence-electron chi connectivity index (χ3n) is 5.64. The smallest absolute Gasteiger partial charge is 0.411 e. The molecule has 3 N–H and O–H groups in total. The van der Waals surface area contributed by atoms with Crippen molar-refractivity contribution in [3.63, 3.8) is 0 Å². The van der Waals surface area contributed by atoms with Crippen LogP contribution in [0.3, 0.4) is 0 Å². The number of phenolic OH excluding ortho intramolecular Hbond substituents is 1. The zero-order valence-corrected chi connectivity index (χ0v) is 17.8. The zero-order valence-electron chi connectivity index (χ0n) is 17.8. The highest BCUT2D eigenvalue weighted by molar-refractivity contribution is 5.93. The third-order valence-corrected chi connectivity index (χ3v) is 5.64. The van der Waals surface area contributed by atoms with Crippen molar-refractivity contribution in [2.45, 2.75) is 49.5 Å². The summed E-state index contributed by atoms with van der Waals surface area (Å²) in [5, 5.41) is 20.8. The molecule has 3 rings (SSSR count). The van der Waals surface area contributed by atoms with Crippen molar-refractivity contribution in [3.05, 3.63) is 58.7 Å². The highest BCUT2D eigenvalue weighted by atomic mass is 19.4. The highest BCUT2D eigenvalue weighted by Crippen LogP contribution is 2.49. The van der Waals surface area contributed by atoms with Gasteiger partial charge in [-0.05, 0) is 48.2 Å². The van der Waals surface area contributed by atoms with Gasteiger partial charge in [-0.3, -0.25) is 14.6 Å². The second-order valence-electron chi connectivity index (χ2n) is 8.25. The molecule has 1 aliphatic rings. The van der Waals surface area contributed by atoms with Gasteiger partial charge < -0.3 is 15.5 Å². The molecule has 1 saturated carbocycles. The van der Waals surface area contributed by atoms with E-state index < -0.39 is 77.6 Å². The van der Waals surface area contributed by atoms with Crippen molar-refractivity contribution in [1.29, 1.82) is 0 Å². The summed E-state index contributed by atoms with van der Waals surface area (Å²) in [7, 11) is 0. The number of hydrogen-bond acceptors (Lipinski definition) is 5. The van der Waals surface area contributed by atoms with Gasteiger partial charge in [0.15, 0.2) is 0 Å². The monoisotopic (exact) mass is 508 g/mol. The van der Waals surface area contributed by atoms with E-state index in [1.54, 1.807) is 0 Å². The lowest BCUT2D eigenvalue weighted by atomic mass is 9.94. The van der Waals surface area contributed by atoms with Crippen LogP contribution < -0.4 is 5.32 Å². The number of alkyl halides is 6. The average molecular weight is 508 g/mol. The molecule has 13 heteroatoms. The molecule has 6 nitrogen and oxygen atoms in total. The van der Waals surface area contributed by atoms with Crippen LogP contribution in [0.5, 0.6) is 5.75 Å². The fourth-order valence-electron chi connectivity index (χ4n) is 3.51. The first-order chi connectivity index (χ1) is 16.2. The largest absolute Gasteiger partial charge is 0.508 e. The second-order valence-corrected chi connectivity index (χ2v) is 8.25. The number of benzene rings is 1. The second kappa shape index (κ2) is 9.44. The van der Waals surface area contributed by atoms with E-state index in [4.69, 9.17) is 5.11 Å². The average Bonchev–Trinajstić information content (AvgIpc) is 3.52. The normalized spacial score (nSPS) is 16.0. The Balaban J connectivity index is 1.70. The van der Waals surface area contributed by atoms with Gasteiger partial charge in [-0.15, -0.1) is 0 Å². The van der Waals surface area contributed by atoms with Gasteiger partial charge in [0.05, 0.1) is 6.61 Å². The number of carbonyl (C=O) groups excluding carboxylic acids is 2. The Hall–Kier alpha value is -3.22. The third kappa shape index (κ3) is 5.89. The Morgan fingerprint density at radius 3 is 2.29 bits per heavy atom. The first-order valence-corrected chi connectivity index (χ1v) is 10.2. The van der Waals surface area contributed by atoms with Crippen molar-refractivity contribution in [2.24, 2.45) is 0 Å². The van der Waals surface area contributed by atoms with Crippen LogP contribution in [-0.2, 0) is 17.6 Å². The standard InChI is InChI=1S/C22H19F7N2O4/c23-16-9-14(15(10-32)21(24,25)26)18(34)8-12(16)7-13(33)5-11-1-4-30-17(6-11)19(35)31-20(2-3-20)22(27,28)29/h1,4,6,8-9,15,32,34H,2-3,5,7,10H2,(H,31,35). The SMILES string of the molecule is O=C(Cc1ccnc(C(=O)NC2(C(F)(F)F)CC2)c1)Cc1cc(O)c(C(CO)C(F)(F)F)cc1F.